The maximum Gasteiger partial charge on any atom is 0.289 e. The smallest absolute Gasteiger partial charge is 0.289 e. The van der Waals surface area contributed by atoms with Crippen LogP contribution in [-0.2, 0) is 0 Å². The molecule has 5 nitrogen and oxygen atoms in total. The summed E-state index contributed by atoms with van der Waals surface area (Å²) in [5.41, 5.74) is 0.656. The number of hydrogen-bond donors (Lipinski definition) is 0. The summed E-state index contributed by atoms with van der Waals surface area (Å²) in [5.74, 6) is 0.797. The van der Waals surface area contributed by atoms with E-state index in [0.29, 0.717) is 24.4 Å². The van der Waals surface area contributed by atoms with Crippen molar-refractivity contribution in [3.63, 3.8) is 0 Å². The summed E-state index contributed by atoms with van der Waals surface area (Å²) < 4.78 is 10.3. The molecule has 3 rings (SSSR count). The van der Waals surface area contributed by atoms with Crippen molar-refractivity contribution in [1.82, 2.24) is 4.90 Å². The van der Waals surface area contributed by atoms with E-state index in [2.05, 4.69) is 0 Å². The SMILES string of the molecule is COc1ccc(C(=O)[C@H]2CCCN(C(=O)c3ccco3)C2)cc1. The number of methoxy groups -OCH3 is 1. The van der Waals surface area contributed by atoms with Crippen LogP contribution in [0.25, 0.3) is 0 Å². The zero-order chi connectivity index (χ0) is 16.2. The third-order valence-electron chi connectivity index (χ3n) is 4.19. The molecule has 1 aromatic heterocycles. The molecule has 0 bridgehead atoms. The number of benzene rings is 1. The highest BCUT2D eigenvalue weighted by atomic mass is 16.5. The number of piperidine rings is 1. The Morgan fingerprint density at radius 1 is 1.22 bits per heavy atom. The summed E-state index contributed by atoms with van der Waals surface area (Å²) in [6.45, 7) is 1.09. The average molecular weight is 313 g/mol. The minimum Gasteiger partial charge on any atom is -0.497 e. The number of furan rings is 1. The highest BCUT2D eigenvalue weighted by Gasteiger charge is 2.30. The Balaban J connectivity index is 1.70. The quantitative estimate of drug-likeness (QED) is 0.814. The predicted molar refractivity (Wildman–Crippen MR) is 84.7 cm³/mol. The van der Waals surface area contributed by atoms with Crippen molar-refractivity contribution in [3.8, 4) is 5.75 Å². The molecule has 2 heterocycles. The Morgan fingerprint density at radius 2 is 2.00 bits per heavy atom. The number of amides is 1. The van der Waals surface area contributed by atoms with Crippen LogP contribution in [-0.4, -0.2) is 36.8 Å². The lowest BCUT2D eigenvalue weighted by molar-refractivity contribution is 0.0610. The van der Waals surface area contributed by atoms with E-state index in [1.165, 1.54) is 6.26 Å². The normalized spacial score (nSPS) is 17.8. The van der Waals surface area contributed by atoms with Crippen molar-refractivity contribution < 1.29 is 18.7 Å². The summed E-state index contributed by atoms with van der Waals surface area (Å²) in [6.07, 6.45) is 3.10. The Hall–Kier alpha value is -2.56. The molecule has 0 saturated carbocycles. The maximum atomic E-state index is 12.7. The Kier molecular flexibility index (Phi) is 4.46. The number of likely N-dealkylation sites (tertiary alicyclic amines) is 1. The van der Waals surface area contributed by atoms with Gasteiger partial charge in [0.05, 0.1) is 13.4 Å². The van der Waals surface area contributed by atoms with Crippen LogP contribution in [0.4, 0.5) is 0 Å². The Labute approximate surface area is 134 Å². The first kappa shape index (κ1) is 15.3. The molecule has 1 aliphatic rings. The van der Waals surface area contributed by atoms with E-state index in [9.17, 15) is 9.59 Å². The van der Waals surface area contributed by atoms with Gasteiger partial charge in [0.25, 0.3) is 5.91 Å². The average Bonchev–Trinajstić information content (AvgIpc) is 3.15. The van der Waals surface area contributed by atoms with Crippen LogP contribution in [0, 0.1) is 5.92 Å². The van der Waals surface area contributed by atoms with Gasteiger partial charge in [-0.2, -0.15) is 0 Å². The van der Waals surface area contributed by atoms with Gasteiger partial charge >= 0.3 is 0 Å². The lowest BCUT2D eigenvalue weighted by atomic mass is 9.90. The topological polar surface area (TPSA) is 59.8 Å². The largest absolute Gasteiger partial charge is 0.497 e. The molecule has 0 radical (unpaired) electrons. The number of carbonyl (C=O) groups is 2. The second-order valence-electron chi connectivity index (χ2n) is 5.66. The highest BCUT2D eigenvalue weighted by Crippen LogP contribution is 2.23. The molecular weight excluding hydrogens is 294 g/mol. The van der Waals surface area contributed by atoms with Gasteiger partial charge in [-0.05, 0) is 49.2 Å². The zero-order valence-corrected chi connectivity index (χ0v) is 13.0. The van der Waals surface area contributed by atoms with Gasteiger partial charge < -0.3 is 14.1 Å². The van der Waals surface area contributed by atoms with Crippen LogP contribution < -0.4 is 4.74 Å². The van der Waals surface area contributed by atoms with Crippen LogP contribution in [0.3, 0.4) is 0 Å². The molecule has 1 aliphatic heterocycles. The van der Waals surface area contributed by atoms with Gasteiger partial charge in [0.1, 0.15) is 5.75 Å². The fourth-order valence-corrected chi connectivity index (χ4v) is 2.92. The molecule has 1 saturated heterocycles. The molecule has 120 valence electrons. The number of Topliss-reactive ketones (excluding diaryl/α,β-unsaturated/α-hetero) is 1. The monoisotopic (exact) mass is 313 g/mol. The third-order valence-corrected chi connectivity index (χ3v) is 4.19. The van der Waals surface area contributed by atoms with Gasteiger partial charge in [-0.25, -0.2) is 0 Å². The molecule has 5 heteroatoms. The lowest BCUT2D eigenvalue weighted by Crippen LogP contribution is -2.42. The fraction of sp³-hybridized carbons (Fsp3) is 0.333. The number of rotatable bonds is 4. The second kappa shape index (κ2) is 6.69. The lowest BCUT2D eigenvalue weighted by Gasteiger charge is -2.31. The van der Waals surface area contributed by atoms with E-state index < -0.39 is 0 Å². The summed E-state index contributed by atoms with van der Waals surface area (Å²) in [4.78, 5) is 26.7. The predicted octanol–water partition coefficient (Wildman–Crippen LogP) is 3.02. The van der Waals surface area contributed by atoms with E-state index >= 15 is 0 Å². The molecule has 0 unspecified atom stereocenters. The molecule has 0 spiro atoms. The van der Waals surface area contributed by atoms with Gasteiger partial charge in [0.15, 0.2) is 11.5 Å². The Bertz CT molecular complexity index is 676. The van der Waals surface area contributed by atoms with E-state index in [-0.39, 0.29) is 17.6 Å². The number of ketones is 1. The van der Waals surface area contributed by atoms with Gasteiger partial charge in [0.2, 0.25) is 0 Å². The van der Waals surface area contributed by atoms with Crippen molar-refractivity contribution in [2.45, 2.75) is 12.8 Å². The maximum absolute atomic E-state index is 12.7. The molecule has 1 atom stereocenters. The minimum absolute atomic E-state index is 0.0737. The second-order valence-corrected chi connectivity index (χ2v) is 5.66. The zero-order valence-electron chi connectivity index (χ0n) is 13.0. The molecule has 23 heavy (non-hydrogen) atoms. The molecular formula is C18H19NO4. The van der Waals surface area contributed by atoms with Crippen molar-refractivity contribution in [2.75, 3.05) is 20.2 Å². The first-order valence-corrected chi connectivity index (χ1v) is 7.70. The minimum atomic E-state index is -0.170. The molecule has 0 N–H and O–H groups in total. The van der Waals surface area contributed by atoms with Crippen LogP contribution in [0.5, 0.6) is 5.75 Å². The van der Waals surface area contributed by atoms with Gasteiger partial charge in [-0.1, -0.05) is 0 Å². The highest BCUT2D eigenvalue weighted by molar-refractivity contribution is 5.99. The van der Waals surface area contributed by atoms with Gasteiger partial charge in [0, 0.05) is 24.6 Å². The van der Waals surface area contributed by atoms with Crippen LogP contribution >= 0.6 is 0 Å². The van der Waals surface area contributed by atoms with Crippen LogP contribution in [0.15, 0.2) is 47.1 Å². The number of carbonyl (C=O) groups excluding carboxylic acids is 2. The van der Waals surface area contributed by atoms with Crippen molar-refractivity contribution in [1.29, 1.82) is 0 Å². The number of ether oxygens (including phenoxy) is 1. The van der Waals surface area contributed by atoms with E-state index in [0.717, 1.165) is 18.6 Å². The molecule has 0 aliphatic carbocycles. The van der Waals surface area contributed by atoms with Crippen molar-refractivity contribution in [3.05, 3.63) is 54.0 Å². The standard InChI is InChI=1S/C18H19NO4/c1-22-15-8-6-13(7-9-15)17(20)14-4-2-10-19(12-14)18(21)16-5-3-11-23-16/h3,5-9,11,14H,2,4,10,12H2,1H3/t14-/m0/s1. The molecule has 1 aromatic carbocycles. The summed E-state index contributed by atoms with van der Waals surface area (Å²) >= 11 is 0. The first-order chi connectivity index (χ1) is 11.2. The van der Waals surface area contributed by atoms with Gasteiger partial charge in [-0.3, -0.25) is 9.59 Å². The third kappa shape index (κ3) is 3.28. The molecule has 1 amide bonds. The summed E-state index contributed by atoms with van der Waals surface area (Å²) in [7, 11) is 1.59. The Morgan fingerprint density at radius 3 is 2.65 bits per heavy atom. The van der Waals surface area contributed by atoms with Crippen molar-refractivity contribution in [2.24, 2.45) is 5.92 Å². The molecule has 2 aromatic rings. The fourth-order valence-electron chi connectivity index (χ4n) is 2.92. The van der Waals surface area contributed by atoms with E-state index in [1.807, 2.05) is 0 Å². The summed E-state index contributed by atoms with van der Waals surface area (Å²) in [5, 5.41) is 0. The first-order valence-electron chi connectivity index (χ1n) is 7.70. The summed E-state index contributed by atoms with van der Waals surface area (Å²) in [6, 6.07) is 10.4. The molecule has 1 fully saturated rings. The van der Waals surface area contributed by atoms with Gasteiger partial charge in [-0.15, -0.1) is 0 Å². The van der Waals surface area contributed by atoms with Crippen LogP contribution in [0.1, 0.15) is 33.8 Å². The van der Waals surface area contributed by atoms with E-state index in [1.54, 1.807) is 48.4 Å². The van der Waals surface area contributed by atoms with Crippen LogP contribution in [0.2, 0.25) is 0 Å². The van der Waals surface area contributed by atoms with E-state index in [4.69, 9.17) is 9.15 Å². The van der Waals surface area contributed by atoms with Crippen molar-refractivity contribution >= 4 is 11.7 Å². The number of nitrogens with zero attached hydrogens (tertiary/aromatic N) is 1. The number of hydrogen-bond acceptors (Lipinski definition) is 4.